The standard InChI is InChI=1S/C26H29N3O6/c1-17-22(18(2)35-27-17)16-34-21-7-5-6-19(14-21)25(30)28-10-12-29(13-11-28)26(31)20-8-9-23(32-3)24(15-20)33-4/h5-9,14-15H,10-13,16H2,1-4H3. The van der Waals surface area contributed by atoms with Gasteiger partial charge in [0.05, 0.1) is 25.5 Å². The number of aromatic nitrogens is 1. The topological polar surface area (TPSA) is 94.3 Å². The van der Waals surface area contributed by atoms with Crippen LogP contribution in [-0.2, 0) is 6.61 Å². The van der Waals surface area contributed by atoms with Gasteiger partial charge in [0.2, 0.25) is 0 Å². The van der Waals surface area contributed by atoms with Crippen molar-refractivity contribution in [3.63, 3.8) is 0 Å². The van der Waals surface area contributed by atoms with Crippen LogP contribution in [0.3, 0.4) is 0 Å². The van der Waals surface area contributed by atoms with E-state index in [2.05, 4.69) is 5.16 Å². The van der Waals surface area contributed by atoms with Gasteiger partial charge in [-0.3, -0.25) is 9.59 Å². The fourth-order valence-electron chi connectivity index (χ4n) is 4.03. The molecule has 0 atom stereocenters. The number of nitrogens with zero attached hydrogens (tertiary/aromatic N) is 3. The van der Waals surface area contributed by atoms with Crippen LogP contribution in [0.25, 0.3) is 0 Å². The van der Waals surface area contributed by atoms with E-state index in [1.54, 1.807) is 53.3 Å². The summed E-state index contributed by atoms with van der Waals surface area (Å²) in [6, 6.07) is 12.2. The summed E-state index contributed by atoms with van der Waals surface area (Å²) in [7, 11) is 3.09. The Kier molecular flexibility index (Phi) is 7.24. The summed E-state index contributed by atoms with van der Waals surface area (Å²) in [6.45, 7) is 5.81. The van der Waals surface area contributed by atoms with Crippen molar-refractivity contribution in [3.05, 3.63) is 70.6 Å². The van der Waals surface area contributed by atoms with Gasteiger partial charge in [-0.1, -0.05) is 11.2 Å². The molecule has 0 saturated carbocycles. The highest BCUT2D eigenvalue weighted by atomic mass is 16.5. The number of carbonyl (C=O) groups excluding carboxylic acids is 2. The van der Waals surface area contributed by atoms with E-state index in [9.17, 15) is 9.59 Å². The van der Waals surface area contributed by atoms with Crippen LogP contribution in [-0.4, -0.2) is 67.2 Å². The molecule has 184 valence electrons. The monoisotopic (exact) mass is 479 g/mol. The molecule has 1 aliphatic rings. The van der Waals surface area contributed by atoms with Crippen molar-refractivity contribution >= 4 is 11.8 Å². The summed E-state index contributed by atoms with van der Waals surface area (Å²) in [5.74, 6) is 2.19. The molecule has 35 heavy (non-hydrogen) atoms. The van der Waals surface area contributed by atoms with Crippen molar-refractivity contribution in [2.45, 2.75) is 20.5 Å². The number of methoxy groups -OCH3 is 2. The molecule has 2 heterocycles. The molecular weight excluding hydrogens is 450 g/mol. The molecule has 0 N–H and O–H groups in total. The number of aryl methyl sites for hydroxylation is 2. The Bertz CT molecular complexity index is 1190. The summed E-state index contributed by atoms with van der Waals surface area (Å²) in [5.41, 5.74) is 2.75. The lowest BCUT2D eigenvalue weighted by Crippen LogP contribution is -2.50. The Labute approximate surface area is 204 Å². The number of carbonyl (C=O) groups is 2. The largest absolute Gasteiger partial charge is 0.493 e. The van der Waals surface area contributed by atoms with Gasteiger partial charge in [0.15, 0.2) is 11.5 Å². The van der Waals surface area contributed by atoms with E-state index < -0.39 is 0 Å². The van der Waals surface area contributed by atoms with Gasteiger partial charge in [0.1, 0.15) is 18.1 Å². The Hall–Kier alpha value is -4.01. The summed E-state index contributed by atoms with van der Waals surface area (Å²) >= 11 is 0. The average Bonchev–Trinajstić information content (AvgIpc) is 3.23. The number of rotatable bonds is 7. The van der Waals surface area contributed by atoms with Crippen LogP contribution in [0.1, 0.15) is 37.7 Å². The first-order valence-corrected chi connectivity index (χ1v) is 11.4. The van der Waals surface area contributed by atoms with Crippen molar-refractivity contribution in [1.29, 1.82) is 0 Å². The molecular formula is C26H29N3O6. The summed E-state index contributed by atoms with van der Waals surface area (Å²) in [5, 5.41) is 3.93. The van der Waals surface area contributed by atoms with E-state index in [4.69, 9.17) is 18.7 Å². The molecule has 0 radical (unpaired) electrons. The molecule has 1 aromatic heterocycles. The first-order chi connectivity index (χ1) is 16.9. The Balaban J connectivity index is 1.36. The lowest BCUT2D eigenvalue weighted by Gasteiger charge is -2.35. The van der Waals surface area contributed by atoms with E-state index in [0.29, 0.717) is 61.2 Å². The zero-order valence-corrected chi connectivity index (χ0v) is 20.4. The van der Waals surface area contributed by atoms with E-state index in [1.807, 2.05) is 19.9 Å². The summed E-state index contributed by atoms with van der Waals surface area (Å²) in [6.07, 6.45) is 0. The normalized spacial score (nSPS) is 13.5. The predicted octanol–water partition coefficient (Wildman–Crippen LogP) is 3.49. The molecule has 0 aliphatic carbocycles. The SMILES string of the molecule is COc1ccc(C(=O)N2CCN(C(=O)c3cccc(OCc4c(C)noc4C)c3)CC2)cc1OC. The number of amides is 2. The van der Waals surface area contributed by atoms with Crippen LogP contribution in [0.5, 0.6) is 17.2 Å². The maximum atomic E-state index is 13.1. The molecule has 0 spiro atoms. The van der Waals surface area contributed by atoms with Crippen molar-refractivity contribution in [3.8, 4) is 17.2 Å². The van der Waals surface area contributed by atoms with E-state index in [0.717, 1.165) is 17.0 Å². The zero-order valence-electron chi connectivity index (χ0n) is 20.4. The third-order valence-corrected chi connectivity index (χ3v) is 6.13. The second-order valence-electron chi connectivity index (χ2n) is 8.27. The molecule has 1 fully saturated rings. The molecule has 1 saturated heterocycles. The lowest BCUT2D eigenvalue weighted by molar-refractivity contribution is 0.0535. The highest BCUT2D eigenvalue weighted by Crippen LogP contribution is 2.28. The molecule has 2 aromatic carbocycles. The van der Waals surface area contributed by atoms with Gasteiger partial charge in [0.25, 0.3) is 11.8 Å². The first kappa shape index (κ1) is 24.1. The van der Waals surface area contributed by atoms with Crippen molar-refractivity contribution in [2.75, 3.05) is 40.4 Å². The molecule has 9 nitrogen and oxygen atoms in total. The summed E-state index contributed by atoms with van der Waals surface area (Å²) in [4.78, 5) is 29.6. The molecule has 0 bridgehead atoms. The quantitative estimate of drug-likeness (QED) is 0.512. The van der Waals surface area contributed by atoms with Crippen LogP contribution in [0.15, 0.2) is 47.0 Å². The lowest BCUT2D eigenvalue weighted by atomic mass is 10.1. The van der Waals surface area contributed by atoms with Crippen LogP contribution in [0.2, 0.25) is 0 Å². The van der Waals surface area contributed by atoms with Crippen molar-refractivity contribution in [2.24, 2.45) is 0 Å². The minimum atomic E-state index is -0.104. The number of hydrogen-bond donors (Lipinski definition) is 0. The van der Waals surface area contributed by atoms with Crippen LogP contribution in [0.4, 0.5) is 0 Å². The minimum absolute atomic E-state index is 0.0917. The summed E-state index contributed by atoms with van der Waals surface area (Å²) < 4.78 is 21.6. The Morgan fingerprint density at radius 3 is 2.09 bits per heavy atom. The van der Waals surface area contributed by atoms with Crippen LogP contribution in [0, 0.1) is 13.8 Å². The number of ether oxygens (including phenoxy) is 3. The number of piperazine rings is 1. The van der Waals surface area contributed by atoms with E-state index >= 15 is 0 Å². The highest BCUT2D eigenvalue weighted by Gasteiger charge is 2.26. The van der Waals surface area contributed by atoms with Gasteiger partial charge in [-0.25, -0.2) is 0 Å². The van der Waals surface area contributed by atoms with Gasteiger partial charge in [-0.2, -0.15) is 0 Å². The Morgan fingerprint density at radius 2 is 1.51 bits per heavy atom. The van der Waals surface area contributed by atoms with Gasteiger partial charge in [-0.15, -0.1) is 0 Å². The van der Waals surface area contributed by atoms with Crippen molar-refractivity contribution in [1.82, 2.24) is 15.0 Å². The Morgan fingerprint density at radius 1 is 0.886 bits per heavy atom. The van der Waals surface area contributed by atoms with Gasteiger partial charge < -0.3 is 28.5 Å². The number of hydrogen-bond acceptors (Lipinski definition) is 7. The zero-order chi connectivity index (χ0) is 24.9. The van der Waals surface area contributed by atoms with Crippen LogP contribution >= 0.6 is 0 Å². The third kappa shape index (κ3) is 5.24. The highest BCUT2D eigenvalue weighted by molar-refractivity contribution is 5.96. The van der Waals surface area contributed by atoms with Gasteiger partial charge >= 0.3 is 0 Å². The maximum Gasteiger partial charge on any atom is 0.254 e. The second-order valence-corrected chi connectivity index (χ2v) is 8.27. The van der Waals surface area contributed by atoms with E-state index in [1.165, 1.54) is 7.11 Å². The van der Waals surface area contributed by atoms with E-state index in [-0.39, 0.29) is 11.8 Å². The molecule has 4 rings (SSSR count). The fraction of sp³-hybridized carbons (Fsp3) is 0.346. The average molecular weight is 480 g/mol. The maximum absolute atomic E-state index is 13.1. The van der Waals surface area contributed by atoms with Gasteiger partial charge in [0, 0.05) is 37.3 Å². The molecule has 3 aromatic rings. The predicted molar refractivity (Wildman–Crippen MR) is 128 cm³/mol. The molecule has 2 amide bonds. The van der Waals surface area contributed by atoms with Crippen LogP contribution < -0.4 is 14.2 Å². The van der Waals surface area contributed by atoms with Gasteiger partial charge in [-0.05, 0) is 50.2 Å². The molecule has 1 aliphatic heterocycles. The minimum Gasteiger partial charge on any atom is -0.493 e. The third-order valence-electron chi connectivity index (χ3n) is 6.13. The molecule has 9 heteroatoms. The number of benzene rings is 2. The first-order valence-electron chi connectivity index (χ1n) is 11.4. The fourth-order valence-corrected chi connectivity index (χ4v) is 4.03. The smallest absolute Gasteiger partial charge is 0.254 e. The second kappa shape index (κ2) is 10.5. The van der Waals surface area contributed by atoms with Crippen molar-refractivity contribution < 1.29 is 28.3 Å². The molecule has 0 unspecified atom stereocenters.